The Labute approximate surface area is 261 Å². The van der Waals surface area contributed by atoms with E-state index in [0.717, 1.165) is 75.5 Å². The Hall–Kier alpha value is -2.89. The molecule has 3 N–H and O–H groups in total. The molecule has 2 saturated heterocycles. The summed E-state index contributed by atoms with van der Waals surface area (Å²) in [5.41, 5.74) is 1.52. The molecule has 0 aromatic heterocycles. The van der Waals surface area contributed by atoms with Crippen LogP contribution in [-0.4, -0.2) is 129 Å². The zero-order chi connectivity index (χ0) is 31.3. The lowest BCUT2D eigenvalue weighted by Crippen LogP contribution is -2.44. The Balaban J connectivity index is 0.000000254. The first-order valence-electron chi connectivity index (χ1n) is 15.0. The molecule has 0 amide bonds. The molecular weight excluding hydrogens is 572 g/mol. The maximum absolute atomic E-state index is 10.7. The predicted molar refractivity (Wildman–Crippen MR) is 171 cm³/mol. The number of hydrogen-bond donors (Lipinski definition) is 3. The third-order valence-electron chi connectivity index (χ3n) is 6.88. The third kappa shape index (κ3) is 17.7. The molecular formula is C32H49ClN4O6. The molecule has 0 atom stereocenters. The molecule has 4 rings (SSSR count). The minimum atomic E-state index is -0.840. The van der Waals surface area contributed by atoms with E-state index >= 15 is 0 Å². The molecule has 2 fully saturated rings. The molecule has 2 aliphatic heterocycles. The smallest absolute Gasteiger partial charge is 0.307 e. The Kier molecular flexibility index (Phi) is 18.4. The largest absolute Gasteiger partial charge is 0.494 e. The summed E-state index contributed by atoms with van der Waals surface area (Å²) in [6.07, 6.45) is 1.84. The Bertz CT molecular complexity index is 1060. The van der Waals surface area contributed by atoms with Crippen LogP contribution >= 0.6 is 11.6 Å². The molecule has 0 saturated carbocycles. The number of likely N-dealkylation sites (N-methyl/N-ethyl adjacent to an activating group) is 2. The van der Waals surface area contributed by atoms with E-state index in [-0.39, 0.29) is 12.8 Å². The minimum Gasteiger partial charge on any atom is -0.494 e. The second-order valence-electron chi connectivity index (χ2n) is 10.7. The van der Waals surface area contributed by atoms with Gasteiger partial charge in [-0.2, -0.15) is 0 Å². The van der Waals surface area contributed by atoms with E-state index in [9.17, 15) is 9.59 Å². The molecule has 10 nitrogen and oxygen atoms in total. The van der Waals surface area contributed by atoms with Gasteiger partial charge in [-0.1, -0.05) is 24.3 Å². The van der Waals surface area contributed by atoms with Gasteiger partial charge in [0, 0.05) is 64.8 Å². The number of aliphatic carboxylic acids is 2. The first-order valence-corrected chi connectivity index (χ1v) is 15.5. The summed E-state index contributed by atoms with van der Waals surface area (Å²) in [4.78, 5) is 28.3. The van der Waals surface area contributed by atoms with Crippen LogP contribution in [0.25, 0.3) is 0 Å². The summed E-state index contributed by atoms with van der Waals surface area (Å²) < 4.78 is 11.1. The number of alkyl halides is 1. The van der Waals surface area contributed by atoms with Crippen LogP contribution in [0, 0.1) is 0 Å². The van der Waals surface area contributed by atoms with E-state index in [1.807, 2.05) is 24.3 Å². The number of carboxylic acid groups (broad SMARTS) is 2. The number of carbonyl (C=O) groups is 2. The van der Waals surface area contributed by atoms with Gasteiger partial charge in [0.25, 0.3) is 0 Å². The molecule has 2 aromatic rings. The summed E-state index contributed by atoms with van der Waals surface area (Å²) in [6, 6.07) is 14.4. The van der Waals surface area contributed by atoms with Gasteiger partial charge in [-0.15, -0.1) is 11.6 Å². The number of hydrogen-bond acceptors (Lipinski definition) is 8. The van der Waals surface area contributed by atoms with Crippen LogP contribution in [0.5, 0.6) is 11.5 Å². The minimum absolute atomic E-state index is 0.0205. The average molecular weight is 621 g/mol. The number of rotatable bonds is 13. The number of piperazine rings is 2. The molecule has 2 aromatic carbocycles. The predicted octanol–water partition coefficient (Wildman–Crippen LogP) is 3.17. The molecule has 0 spiro atoms. The topological polar surface area (TPSA) is 115 Å². The van der Waals surface area contributed by atoms with Crippen molar-refractivity contribution in [1.82, 2.24) is 20.0 Å². The quantitative estimate of drug-likeness (QED) is 0.228. The molecule has 0 unspecified atom stereocenters. The lowest BCUT2D eigenvalue weighted by atomic mass is 10.1. The van der Waals surface area contributed by atoms with Gasteiger partial charge in [0.15, 0.2) is 0 Å². The summed E-state index contributed by atoms with van der Waals surface area (Å²) in [7, 11) is 4.31. The fraction of sp³-hybridized carbons (Fsp3) is 0.562. The number of carboxylic acids is 2. The molecule has 11 heteroatoms. The van der Waals surface area contributed by atoms with Crippen LogP contribution in [0.2, 0.25) is 0 Å². The van der Waals surface area contributed by atoms with Crippen molar-refractivity contribution >= 4 is 23.5 Å². The summed E-state index contributed by atoms with van der Waals surface area (Å²) in [5, 5.41) is 20.7. The Morgan fingerprint density at radius 3 is 1.70 bits per heavy atom. The van der Waals surface area contributed by atoms with E-state index < -0.39 is 11.9 Å². The molecule has 240 valence electrons. The first kappa shape index (κ1) is 36.3. The highest BCUT2D eigenvalue weighted by Gasteiger charge is 2.13. The van der Waals surface area contributed by atoms with Gasteiger partial charge >= 0.3 is 11.9 Å². The van der Waals surface area contributed by atoms with Crippen LogP contribution < -0.4 is 14.8 Å². The standard InChI is InChI=1S/C16H24N2O3.C11H13ClO3.C5H12N2/c1-17-7-9-18(10-8-17)6-3-11-21-15-5-2-4-14(12-15)13-16(19)20;12-5-2-6-15-10-4-1-3-9(7-10)8-11(13)14;1-7-4-2-6-3-5-7/h2,4-5,12H,3,6-11,13H2,1H3,(H,19,20);1,3-4,7H,2,5-6,8H2,(H,13,14);6H,2-5H2,1H3. The van der Waals surface area contributed by atoms with Crippen LogP contribution in [0.4, 0.5) is 0 Å². The zero-order valence-electron chi connectivity index (χ0n) is 25.7. The van der Waals surface area contributed by atoms with E-state index in [2.05, 4.69) is 34.1 Å². The van der Waals surface area contributed by atoms with Gasteiger partial charge in [0.1, 0.15) is 11.5 Å². The highest BCUT2D eigenvalue weighted by Crippen LogP contribution is 2.15. The normalized spacial score (nSPS) is 15.8. The molecule has 0 bridgehead atoms. The Morgan fingerprint density at radius 1 is 0.767 bits per heavy atom. The van der Waals surface area contributed by atoms with Gasteiger partial charge in [0.2, 0.25) is 0 Å². The van der Waals surface area contributed by atoms with Gasteiger partial charge in [0.05, 0.1) is 26.1 Å². The highest BCUT2D eigenvalue weighted by atomic mass is 35.5. The summed E-state index contributed by atoms with van der Waals surface area (Å²) in [6.45, 7) is 11.6. The molecule has 43 heavy (non-hydrogen) atoms. The number of nitrogens with one attached hydrogen (secondary N) is 1. The van der Waals surface area contributed by atoms with E-state index in [1.165, 1.54) is 13.1 Å². The van der Waals surface area contributed by atoms with Crippen molar-refractivity contribution < 1.29 is 29.3 Å². The second kappa shape index (κ2) is 21.7. The van der Waals surface area contributed by atoms with Crippen molar-refractivity contribution in [3.63, 3.8) is 0 Å². The lowest BCUT2D eigenvalue weighted by molar-refractivity contribution is -0.137. The second-order valence-corrected chi connectivity index (χ2v) is 11.1. The average Bonchev–Trinajstić information content (AvgIpc) is 2.97. The molecule has 0 aliphatic carbocycles. The SMILES string of the molecule is CN1CCN(CCCOc2cccc(CC(=O)O)c2)CC1.CN1CCNCC1.O=C(O)Cc1cccc(OCCCCl)c1. The fourth-order valence-corrected chi connectivity index (χ4v) is 4.52. The molecule has 2 heterocycles. The number of halogens is 1. The Morgan fingerprint density at radius 2 is 1.26 bits per heavy atom. The van der Waals surface area contributed by atoms with Crippen molar-refractivity contribution in [2.45, 2.75) is 25.7 Å². The van der Waals surface area contributed by atoms with Crippen molar-refractivity contribution in [2.24, 2.45) is 0 Å². The number of nitrogens with zero attached hydrogens (tertiary/aromatic N) is 3. The summed E-state index contributed by atoms with van der Waals surface area (Å²) in [5.74, 6) is 0.357. The van der Waals surface area contributed by atoms with E-state index in [1.54, 1.807) is 24.3 Å². The lowest BCUT2D eigenvalue weighted by Gasteiger charge is -2.32. The molecule has 2 aliphatic rings. The highest BCUT2D eigenvalue weighted by molar-refractivity contribution is 6.17. The van der Waals surface area contributed by atoms with Gasteiger partial charge in [-0.25, -0.2) is 0 Å². The van der Waals surface area contributed by atoms with Crippen molar-refractivity contribution in [3.8, 4) is 11.5 Å². The van der Waals surface area contributed by atoms with E-state index in [0.29, 0.717) is 24.8 Å². The van der Waals surface area contributed by atoms with Gasteiger partial charge in [-0.05, 0) is 62.3 Å². The van der Waals surface area contributed by atoms with Gasteiger partial charge in [-0.3, -0.25) is 9.59 Å². The third-order valence-corrected chi connectivity index (χ3v) is 7.15. The van der Waals surface area contributed by atoms with Crippen molar-refractivity contribution in [3.05, 3.63) is 59.7 Å². The number of benzene rings is 2. The van der Waals surface area contributed by atoms with E-state index in [4.69, 9.17) is 31.3 Å². The van der Waals surface area contributed by atoms with Crippen molar-refractivity contribution in [1.29, 1.82) is 0 Å². The van der Waals surface area contributed by atoms with Crippen molar-refractivity contribution in [2.75, 3.05) is 92.1 Å². The number of ether oxygens (including phenoxy) is 2. The fourth-order valence-electron chi connectivity index (χ4n) is 4.41. The van der Waals surface area contributed by atoms with Crippen LogP contribution in [0.3, 0.4) is 0 Å². The van der Waals surface area contributed by atoms with Gasteiger partial charge < -0.3 is 39.7 Å². The maximum Gasteiger partial charge on any atom is 0.307 e. The van der Waals surface area contributed by atoms with Crippen LogP contribution in [0.1, 0.15) is 24.0 Å². The zero-order valence-corrected chi connectivity index (χ0v) is 26.4. The monoisotopic (exact) mass is 620 g/mol. The van der Waals surface area contributed by atoms with Crippen LogP contribution in [-0.2, 0) is 22.4 Å². The summed E-state index contributed by atoms with van der Waals surface area (Å²) >= 11 is 5.51. The first-order chi connectivity index (χ1) is 20.7. The van der Waals surface area contributed by atoms with Crippen LogP contribution in [0.15, 0.2) is 48.5 Å². The maximum atomic E-state index is 10.7. The molecule has 0 radical (unpaired) electrons.